The summed E-state index contributed by atoms with van der Waals surface area (Å²) in [6.07, 6.45) is 5.46. The fraction of sp³-hybridized carbons (Fsp3) is 0. The smallest absolute Gasteiger partial charge is 0.209 e. The van der Waals surface area contributed by atoms with Crippen LogP contribution in [-0.4, -0.2) is 11.6 Å². The van der Waals surface area contributed by atoms with E-state index in [1.807, 2.05) is 0 Å². The van der Waals surface area contributed by atoms with Crippen LogP contribution in [0.4, 0.5) is 11.4 Å². The Morgan fingerprint density at radius 1 is 0.606 bits per heavy atom. The Balaban J connectivity index is 0.00000259. The van der Waals surface area contributed by atoms with Gasteiger partial charge in [0.1, 0.15) is 21.4 Å². The molecule has 0 bridgehead atoms. The molecule has 0 saturated heterocycles. The second kappa shape index (κ2) is 8.90. The molecule has 13 heteroatoms. The molecule has 1 aromatic rings. The van der Waals surface area contributed by atoms with Gasteiger partial charge in [-0.1, -0.05) is 69.6 Å². The van der Waals surface area contributed by atoms with Crippen molar-refractivity contribution in [2.24, 2.45) is 0 Å². The van der Waals surface area contributed by atoms with Gasteiger partial charge in [-0.2, -0.15) is 0 Å². The summed E-state index contributed by atoms with van der Waals surface area (Å²) in [5, 5.41) is 6.36. The third kappa shape index (κ3) is 4.00. The summed E-state index contributed by atoms with van der Waals surface area (Å²) < 4.78 is 11.6. The number of hydrogen-bond donors (Lipinski definition) is 2. The Hall–Kier alpha value is -1.57. The van der Waals surface area contributed by atoms with Crippen LogP contribution < -0.4 is 20.1 Å². The van der Waals surface area contributed by atoms with Crippen LogP contribution in [0.25, 0.3) is 0 Å². The molecule has 0 radical (unpaired) electrons. The number of benzene rings is 1. The Bertz CT molecular complexity index is 1230. The minimum Gasteiger partial charge on any atom is -0.436 e. The third-order valence-electron chi connectivity index (χ3n) is 4.68. The van der Waals surface area contributed by atoms with Gasteiger partial charge >= 0.3 is 0 Å². The van der Waals surface area contributed by atoms with E-state index >= 15 is 0 Å². The number of Topliss-reactive ketones (excluding diaryl/α,β-unsaturated/α-hetero) is 2. The quantitative estimate of drug-likeness (QED) is 0.253. The first kappa shape index (κ1) is 24.6. The number of ether oxygens (including phenoxy) is 2. The molecule has 5 rings (SSSR count). The Kier molecular flexibility index (Phi) is 6.62. The van der Waals surface area contributed by atoms with Crippen molar-refractivity contribution in [1.82, 2.24) is 0 Å². The second-order valence-electron chi connectivity index (χ2n) is 6.68. The predicted octanol–water partition coefficient (Wildman–Crippen LogP) is 6.68. The molecule has 1 aromatic carbocycles. The Morgan fingerprint density at radius 2 is 0.970 bits per heavy atom. The van der Waals surface area contributed by atoms with Crippen molar-refractivity contribution in [3.63, 3.8) is 0 Å². The molecule has 0 atom stereocenters. The Labute approximate surface area is 226 Å². The molecule has 172 valence electrons. The largest absolute Gasteiger partial charge is 0.436 e. The number of carbonyl (C=O) groups is 2. The molecule has 0 fully saturated rings. The molecule has 0 saturated carbocycles. The van der Waals surface area contributed by atoms with E-state index in [9.17, 15) is 9.59 Å². The average Bonchev–Trinajstić information content (AvgIpc) is 3.37. The van der Waals surface area contributed by atoms with E-state index in [1.54, 1.807) is 0 Å². The van der Waals surface area contributed by atoms with Crippen molar-refractivity contribution in [3.05, 3.63) is 77.4 Å². The number of halogens is 6. The number of allylic oxidation sites excluding steroid dienone is 10. The van der Waals surface area contributed by atoms with Gasteiger partial charge in [0.15, 0.2) is 11.5 Å². The average molecular weight is 610 g/mol. The molecular formula is C20H6Cl6N2NiO4. The minimum absolute atomic E-state index is 0. The minimum atomic E-state index is -0.489. The van der Waals surface area contributed by atoms with Crippen LogP contribution in [0, 0.1) is 0 Å². The van der Waals surface area contributed by atoms with Gasteiger partial charge in [0.05, 0.1) is 21.2 Å². The maximum absolute atomic E-state index is 12.4. The number of rotatable bonds is 0. The summed E-state index contributed by atoms with van der Waals surface area (Å²) >= 11 is 37.0. The van der Waals surface area contributed by atoms with Crippen LogP contribution in [0.15, 0.2) is 67.3 Å². The van der Waals surface area contributed by atoms with Crippen molar-refractivity contribution >= 4 is 92.5 Å². The zero-order valence-electron chi connectivity index (χ0n) is 15.5. The monoisotopic (exact) mass is 606 g/mol. The van der Waals surface area contributed by atoms with E-state index in [-0.39, 0.29) is 92.5 Å². The normalized spacial score (nSPS) is 23.1. The number of fused-ring (bicyclic) bond motifs is 2. The van der Waals surface area contributed by atoms with Crippen LogP contribution in [0.3, 0.4) is 0 Å². The van der Waals surface area contributed by atoms with Crippen molar-refractivity contribution < 1.29 is 35.6 Å². The molecule has 2 aliphatic heterocycles. The first-order valence-electron chi connectivity index (χ1n) is 8.67. The zero-order valence-corrected chi connectivity index (χ0v) is 21.0. The first-order valence-corrected chi connectivity index (χ1v) is 10.9. The van der Waals surface area contributed by atoms with Crippen LogP contribution >= 0.6 is 69.6 Å². The van der Waals surface area contributed by atoms with E-state index < -0.39 is 11.6 Å². The first-order chi connectivity index (χ1) is 15.2. The van der Waals surface area contributed by atoms with Gasteiger partial charge in [-0.15, -0.1) is 0 Å². The summed E-state index contributed by atoms with van der Waals surface area (Å²) in [5.74, 6) is -0.590. The Morgan fingerprint density at radius 3 is 1.33 bits per heavy atom. The van der Waals surface area contributed by atoms with E-state index in [4.69, 9.17) is 79.1 Å². The molecule has 2 aliphatic carbocycles. The van der Waals surface area contributed by atoms with Gasteiger partial charge in [-0.05, 0) is 24.3 Å². The van der Waals surface area contributed by atoms with Crippen molar-refractivity contribution in [1.29, 1.82) is 0 Å². The van der Waals surface area contributed by atoms with Gasteiger partial charge in [0.2, 0.25) is 23.3 Å². The summed E-state index contributed by atoms with van der Waals surface area (Å²) in [6.45, 7) is 0. The van der Waals surface area contributed by atoms with E-state index in [2.05, 4.69) is 10.6 Å². The number of hydrogen-bond acceptors (Lipinski definition) is 6. The summed E-state index contributed by atoms with van der Waals surface area (Å²) in [4.78, 5) is 24.9. The van der Waals surface area contributed by atoms with E-state index in [0.29, 0.717) is 0 Å². The molecule has 0 amide bonds. The van der Waals surface area contributed by atoms with E-state index in [0.717, 1.165) is 0 Å². The predicted molar refractivity (Wildman–Crippen MR) is 125 cm³/mol. The maximum atomic E-state index is 12.4. The summed E-state index contributed by atoms with van der Waals surface area (Å²) in [7, 11) is 0. The number of nitrogens with one attached hydrogen (secondary N) is 2. The van der Waals surface area contributed by atoms with Crippen molar-refractivity contribution in [2.75, 3.05) is 10.6 Å². The summed E-state index contributed by atoms with van der Waals surface area (Å²) in [6, 6.07) is 0. The molecule has 4 aliphatic rings. The molecule has 0 aromatic heterocycles. The molecule has 33 heavy (non-hydrogen) atoms. The third-order valence-corrected chi connectivity index (χ3v) is 6.40. The zero-order chi connectivity index (χ0) is 22.9. The van der Waals surface area contributed by atoms with Crippen LogP contribution in [0.1, 0.15) is 0 Å². The van der Waals surface area contributed by atoms with Crippen LogP contribution in [0.2, 0.25) is 10.0 Å². The second-order valence-corrected chi connectivity index (χ2v) is 9.12. The molecule has 2 heterocycles. The van der Waals surface area contributed by atoms with Crippen molar-refractivity contribution in [2.45, 2.75) is 0 Å². The van der Waals surface area contributed by atoms with Gasteiger partial charge in [-0.3, -0.25) is 9.59 Å². The maximum Gasteiger partial charge on any atom is 0.209 e. The number of anilines is 2. The number of ketones is 2. The van der Waals surface area contributed by atoms with Gasteiger partial charge < -0.3 is 20.1 Å². The molecular weight excluding hydrogens is 604 g/mol. The molecule has 2 N–H and O–H groups in total. The SMILES string of the molecule is O=C1C(Cl)=CC(Cl)=C/C1=C1\Nc2c(Cl)c3c(c(Cl)c2O1)N/C(=C1\C=C(Cl)C=C(Cl)C1=O)O3.[Ni]. The topological polar surface area (TPSA) is 76.7 Å². The van der Waals surface area contributed by atoms with E-state index in [1.165, 1.54) is 24.3 Å². The fourth-order valence-corrected chi connectivity index (χ4v) is 4.76. The standard InChI is InChI=1S/C20H6Cl6N2O4.Ni/c21-5-1-7(15(29)9(23)3-5)19-27-13-11(25)18-14(12(26)17(13)31-19)28-20(32-18)8-2-6(22)4-10(24)16(8)30;/h1-4,27-28H;/b19-7-,20-8-;. The van der Waals surface area contributed by atoms with Gasteiger partial charge in [0, 0.05) is 26.6 Å². The van der Waals surface area contributed by atoms with Crippen LogP contribution in [-0.2, 0) is 26.1 Å². The molecule has 6 nitrogen and oxygen atoms in total. The summed E-state index contributed by atoms with van der Waals surface area (Å²) in [5.41, 5.74) is 0.708. The van der Waals surface area contributed by atoms with Gasteiger partial charge in [0.25, 0.3) is 0 Å². The molecule has 0 unspecified atom stereocenters. The molecule has 0 spiro atoms. The fourth-order valence-electron chi connectivity index (χ4n) is 3.25. The van der Waals surface area contributed by atoms with Crippen molar-refractivity contribution in [3.8, 4) is 11.5 Å². The van der Waals surface area contributed by atoms with Gasteiger partial charge in [-0.25, -0.2) is 0 Å². The van der Waals surface area contributed by atoms with Crippen LogP contribution in [0.5, 0.6) is 11.5 Å². The number of carbonyl (C=O) groups excluding carboxylic acids is 2.